The molecule has 0 aliphatic carbocycles. The molecule has 0 amide bonds. The van der Waals surface area contributed by atoms with E-state index in [9.17, 15) is 0 Å². The zero-order chi connectivity index (χ0) is 10.7. The van der Waals surface area contributed by atoms with Crippen LogP contribution in [0.5, 0.6) is 0 Å². The molecule has 78 valence electrons. The van der Waals surface area contributed by atoms with E-state index >= 15 is 0 Å². The van der Waals surface area contributed by atoms with Gasteiger partial charge in [-0.25, -0.2) is 9.97 Å². The summed E-state index contributed by atoms with van der Waals surface area (Å²) in [7, 11) is 1.87. The molecular formula is C10H16BrN3. The van der Waals surface area contributed by atoms with E-state index in [1.54, 1.807) is 0 Å². The lowest BCUT2D eigenvalue weighted by Gasteiger charge is -2.12. The fraction of sp³-hybridized carbons (Fsp3) is 0.600. The van der Waals surface area contributed by atoms with Crippen LogP contribution in [0.3, 0.4) is 0 Å². The molecule has 1 heterocycles. The Morgan fingerprint density at radius 1 is 1.36 bits per heavy atom. The maximum absolute atomic E-state index is 4.50. The third kappa shape index (κ3) is 2.23. The predicted molar refractivity (Wildman–Crippen MR) is 62.7 cm³/mol. The number of aryl methyl sites for hydroxylation is 1. The predicted octanol–water partition coefficient (Wildman–Crippen LogP) is 2.97. The van der Waals surface area contributed by atoms with Crippen LogP contribution >= 0.6 is 15.9 Å². The van der Waals surface area contributed by atoms with Crippen LogP contribution in [0.4, 0.5) is 5.82 Å². The second kappa shape index (κ2) is 4.73. The van der Waals surface area contributed by atoms with Gasteiger partial charge in [0.25, 0.3) is 0 Å². The van der Waals surface area contributed by atoms with E-state index in [0.717, 1.165) is 28.2 Å². The lowest BCUT2D eigenvalue weighted by molar-refractivity contribution is 0.781. The van der Waals surface area contributed by atoms with Gasteiger partial charge in [-0.1, -0.05) is 20.8 Å². The molecule has 0 saturated heterocycles. The third-order valence-corrected chi connectivity index (χ3v) is 2.80. The fourth-order valence-corrected chi connectivity index (χ4v) is 2.05. The van der Waals surface area contributed by atoms with Gasteiger partial charge in [0.05, 0.1) is 10.2 Å². The van der Waals surface area contributed by atoms with E-state index in [1.165, 1.54) is 0 Å². The molecule has 1 rings (SSSR count). The summed E-state index contributed by atoms with van der Waals surface area (Å²) in [5, 5.41) is 3.07. The Morgan fingerprint density at radius 2 is 2.00 bits per heavy atom. The molecule has 0 aromatic carbocycles. The van der Waals surface area contributed by atoms with Gasteiger partial charge in [-0.05, 0) is 21.8 Å². The topological polar surface area (TPSA) is 37.8 Å². The van der Waals surface area contributed by atoms with Gasteiger partial charge >= 0.3 is 0 Å². The van der Waals surface area contributed by atoms with Crippen LogP contribution in [0.2, 0.25) is 0 Å². The standard InChI is InChI=1S/C10H16BrN3/c1-5-7-13-9(6(2)3)8(11)10(12-4)14-7/h6H,5H2,1-4H3,(H,12,13,14). The first-order valence-electron chi connectivity index (χ1n) is 4.84. The first-order valence-corrected chi connectivity index (χ1v) is 5.63. The second-order valence-corrected chi connectivity index (χ2v) is 4.24. The van der Waals surface area contributed by atoms with Gasteiger partial charge < -0.3 is 5.32 Å². The maximum Gasteiger partial charge on any atom is 0.144 e. The zero-order valence-electron chi connectivity index (χ0n) is 9.06. The zero-order valence-corrected chi connectivity index (χ0v) is 10.6. The number of hydrogen-bond donors (Lipinski definition) is 1. The van der Waals surface area contributed by atoms with E-state index in [0.29, 0.717) is 5.92 Å². The third-order valence-electron chi connectivity index (χ3n) is 2.02. The quantitative estimate of drug-likeness (QED) is 0.905. The van der Waals surface area contributed by atoms with Crippen molar-refractivity contribution in [2.45, 2.75) is 33.1 Å². The van der Waals surface area contributed by atoms with Gasteiger partial charge in [0.1, 0.15) is 11.6 Å². The average molecular weight is 258 g/mol. The van der Waals surface area contributed by atoms with Crippen LogP contribution in [0.25, 0.3) is 0 Å². The van der Waals surface area contributed by atoms with Crippen LogP contribution < -0.4 is 5.32 Å². The lowest BCUT2D eigenvalue weighted by atomic mass is 10.1. The fourth-order valence-electron chi connectivity index (χ4n) is 1.22. The Bertz CT molecular complexity index is 323. The second-order valence-electron chi connectivity index (χ2n) is 3.45. The van der Waals surface area contributed by atoms with Crippen LogP contribution in [0, 0.1) is 0 Å². The van der Waals surface area contributed by atoms with E-state index < -0.39 is 0 Å². The number of nitrogens with zero attached hydrogens (tertiary/aromatic N) is 2. The number of aromatic nitrogens is 2. The Morgan fingerprint density at radius 3 is 2.43 bits per heavy atom. The summed E-state index contributed by atoms with van der Waals surface area (Å²) in [6.45, 7) is 6.32. The Kier molecular flexibility index (Phi) is 3.86. The van der Waals surface area contributed by atoms with Crippen LogP contribution in [-0.2, 0) is 6.42 Å². The molecule has 4 heteroatoms. The summed E-state index contributed by atoms with van der Waals surface area (Å²) in [5.74, 6) is 2.17. The number of nitrogens with one attached hydrogen (secondary N) is 1. The number of halogens is 1. The van der Waals surface area contributed by atoms with Gasteiger partial charge in [-0.15, -0.1) is 0 Å². The molecule has 0 unspecified atom stereocenters. The highest BCUT2D eigenvalue weighted by molar-refractivity contribution is 9.10. The van der Waals surface area contributed by atoms with Gasteiger partial charge in [0.15, 0.2) is 0 Å². The van der Waals surface area contributed by atoms with Crippen LogP contribution in [0.15, 0.2) is 4.47 Å². The number of hydrogen-bond acceptors (Lipinski definition) is 3. The van der Waals surface area contributed by atoms with E-state index in [1.807, 2.05) is 7.05 Å². The van der Waals surface area contributed by atoms with Crippen molar-refractivity contribution >= 4 is 21.7 Å². The summed E-state index contributed by atoms with van der Waals surface area (Å²) in [6, 6.07) is 0. The van der Waals surface area contributed by atoms with E-state index in [2.05, 4.69) is 52.0 Å². The van der Waals surface area contributed by atoms with Crippen molar-refractivity contribution in [3.63, 3.8) is 0 Å². The molecule has 0 radical (unpaired) electrons. The van der Waals surface area contributed by atoms with Crippen molar-refractivity contribution in [3.8, 4) is 0 Å². The van der Waals surface area contributed by atoms with Gasteiger partial charge in [0.2, 0.25) is 0 Å². The Hall–Kier alpha value is -0.640. The highest BCUT2D eigenvalue weighted by Crippen LogP contribution is 2.28. The minimum Gasteiger partial charge on any atom is -0.372 e. The molecule has 0 aliphatic rings. The summed E-state index contributed by atoms with van der Waals surface area (Å²) in [5.41, 5.74) is 1.07. The normalized spacial score (nSPS) is 10.7. The molecule has 3 nitrogen and oxygen atoms in total. The van der Waals surface area contributed by atoms with E-state index in [-0.39, 0.29) is 0 Å². The molecule has 0 aliphatic heterocycles. The Labute approximate surface area is 93.5 Å². The van der Waals surface area contributed by atoms with E-state index in [4.69, 9.17) is 0 Å². The molecule has 0 spiro atoms. The van der Waals surface area contributed by atoms with Crippen molar-refractivity contribution in [1.82, 2.24) is 9.97 Å². The molecule has 1 aromatic rings. The molecule has 14 heavy (non-hydrogen) atoms. The van der Waals surface area contributed by atoms with Crippen molar-refractivity contribution in [2.75, 3.05) is 12.4 Å². The summed E-state index contributed by atoms with van der Waals surface area (Å²) in [4.78, 5) is 8.88. The van der Waals surface area contributed by atoms with Crippen LogP contribution in [-0.4, -0.2) is 17.0 Å². The van der Waals surface area contributed by atoms with Crippen molar-refractivity contribution in [2.24, 2.45) is 0 Å². The number of anilines is 1. The highest BCUT2D eigenvalue weighted by atomic mass is 79.9. The Balaban J connectivity index is 3.27. The lowest BCUT2D eigenvalue weighted by Crippen LogP contribution is -2.06. The van der Waals surface area contributed by atoms with Crippen molar-refractivity contribution < 1.29 is 0 Å². The molecular weight excluding hydrogens is 242 g/mol. The van der Waals surface area contributed by atoms with Crippen molar-refractivity contribution in [3.05, 3.63) is 16.0 Å². The number of rotatable bonds is 3. The molecule has 1 N–H and O–H groups in total. The monoisotopic (exact) mass is 257 g/mol. The van der Waals surface area contributed by atoms with Crippen molar-refractivity contribution in [1.29, 1.82) is 0 Å². The molecule has 0 bridgehead atoms. The van der Waals surface area contributed by atoms with Gasteiger partial charge in [-0.2, -0.15) is 0 Å². The summed E-state index contributed by atoms with van der Waals surface area (Å²) < 4.78 is 0.979. The molecule has 1 aromatic heterocycles. The first-order chi connectivity index (χ1) is 6.60. The first kappa shape index (κ1) is 11.4. The smallest absolute Gasteiger partial charge is 0.144 e. The van der Waals surface area contributed by atoms with Gasteiger partial charge in [0, 0.05) is 13.5 Å². The summed E-state index contributed by atoms with van der Waals surface area (Å²) >= 11 is 3.52. The molecule has 0 atom stereocenters. The maximum atomic E-state index is 4.50. The largest absolute Gasteiger partial charge is 0.372 e. The minimum absolute atomic E-state index is 0.407. The SMILES string of the molecule is CCc1nc(NC)c(Br)c(C(C)C)n1. The molecule has 0 saturated carbocycles. The molecule has 0 fully saturated rings. The highest BCUT2D eigenvalue weighted by Gasteiger charge is 2.12. The minimum atomic E-state index is 0.407. The van der Waals surface area contributed by atoms with Gasteiger partial charge in [-0.3, -0.25) is 0 Å². The average Bonchev–Trinajstić information content (AvgIpc) is 2.17. The van der Waals surface area contributed by atoms with Crippen LogP contribution in [0.1, 0.15) is 38.2 Å². The summed E-state index contributed by atoms with van der Waals surface area (Å²) in [6.07, 6.45) is 0.863.